The van der Waals surface area contributed by atoms with Crippen LogP contribution >= 0.6 is 22.6 Å². The molecule has 112 valence electrons. The van der Waals surface area contributed by atoms with Gasteiger partial charge in [0, 0.05) is 4.43 Å². The number of rotatable bonds is 4. The molecule has 19 heavy (non-hydrogen) atoms. The van der Waals surface area contributed by atoms with E-state index in [0.717, 1.165) is 4.43 Å². The molecular formula is C13H24INO4. The summed E-state index contributed by atoms with van der Waals surface area (Å²) >= 11 is 2.15. The summed E-state index contributed by atoms with van der Waals surface area (Å²) in [5, 5.41) is 2.56. The predicted octanol–water partition coefficient (Wildman–Crippen LogP) is 3.05. The summed E-state index contributed by atoms with van der Waals surface area (Å²) in [5.74, 6) is -0.435. The molecule has 0 radical (unpaired) electrons. The van der Waals surface area contributed by atoms with Gasteiger partial charge < -0.3 is 14.8 Å². The molecule has 0 aliphatic carbocycles. The summed E-state index contributed by atoms with van der Waals surface area (Å²) < 4.78 is 11.1. The molecule has 5 nitrogen and oxygen atoms in total. The Kier molecular flexibility index (Phi) is 7.10. The summed E-state index contributed by atoms with van der Waals surface area (Å²) in [6.07, 6.45) is -0.0949. The topological polar surface area (TPSA) is 64.6 Å². The molecule has 0 spiro atoms. The smallest absolute Gasteiger partial charge is 0.408 e. The SMILES string of the molecule is CC(C)(C)OC(=O)NC(CCI)C(=O)OC(C)(C)C. The Morgan fingerprint density at radius 1 is 1.05 bits per heavy atom. The molecule has 0 saturated heterocycles. The van der Waals surface area contributed by atoms with Crippen molar-refractivity contribution in [1.82, 2.24) is 5.32 Å². The number of hydrogen-bond acceptors (Lipinski definition) is 4. The lowest BCUT2D eigenvalue weighted by molar-refractivity contribution is -0.157. The zero-order valence-corrected chi connectivity index (χ0v) is 14.7. The molecule has 0 aromatic carbocycles. The van der Waals surface area contributed by atoms with Crippen molar-refractivity contribution in [3.8, 4) is 0 Å². The molecule has 6 heteroatoms. The normalized spacial score (nSPS) is 13.6. The van der Waals surface area contributed by atoms with Crippen LogP contribution < -0.4 is 5.32 Å². The molecule has 0 saturated carbocycles. The Morgan fingerprint density at radius 2 is 1.53 bits per heavy atom. The highest BCUT2D eigenvalue weighted by Crippen LogP contribution is 2.12. The van der Waals surface area contributed by atoms with Crippen LogP contribution in [0.5, 0.6) is 0 Å². The number of amides is 1. The minimum Gasteiger partial charge on any atom is -0.458 e. The average Bonchev–Trinajstić information content (AvgIpc) is 2.10. The Balaban J connectivity index is 4.57. The third kappa shape index (κ3) is 9.98. The number of carbonyl (C=O) groups is 2. The molecular weight excluding hydrogens is 361 g/mol. The van der Waals surface area contributed by atoms with Gasteiger partial charge in [0.2, 0.25) is 0 Å². The molecule has 1 unspecified atom stereocenters. The molecule has 1 atom stereocenters. The summed E-state index contributed by atoms with van der Waals surface area (Å²) in [6, 6.07) is -0.675. The van der Waals surface area contributed by atoms with Gasteiger partial charge >= 0.3 is 12.1 Å². The third-order valence-corrected chi connectivity index (χ3v) is 2.40. The van der Waals surface area contributed by atoms with Crippen molar-refractivity contribution in [3.05, 3.63) is 0 Å². The van der Waals surface area contributed by atoms with Crippen LogP contribution in [0.3, 0.4) is 0 Å². The third-order valence-electron chi connectivity index (χ3n) is 1.78. The second-order valence-corrected chi connectivity index (χ2v) is 7.29. The van der Waals surface area contributed by atoms with Gasteiger partial charge in [-0.05, 0) is 48.0 Å². The van der Waals surface area contributed by atoms with Gasteiger partial charge in [0.15, 0.2) is 0 Å². The average molecular weight is 385 g/mol. The van der Waals surface area contributed by atoms with Crippen molar-refractivity contribution in [1.29, 1.82) is 0 Å². The van der Waals surface area contributed by atoms with Crippen LogP contribution in [0.2, 0.25) is 0 Å². The minimum absolute atomic E-state index is 0.435. The largest absolute Gasteiger partial charge is 0.458 e. The van der Waals surface area contributed by atoms with Crippen molar-refractivity contribution in [2.75, 3.05) is 4.43 Å². The summed E-state index contributed by atoms with van der Waals surface area (Å²) in [5.41, 5.74) is -1.16. The second kappa shape index (κ2) is 7.31. The van der Waals surface area contributed by atoms with Crippen molar-refractivity contribution in [2.45, 2.75) is 65.2 Å². The molecule has 0 aromatic heterocycles. The van der Waals surface area contributed by atoms with Crippen LogP contribution in [0.25, 0.3) is 0 Å². The number of carbonyl (C=O) groups excluding carboxylic acids is 2. The first-order chi connectivity index (χ1) is 8.44. The summed E-state index contributed by atoms with van der Waals surface area (Å²) in [6.45, 7) is 10.7. The van der Waals surface area contributed by atoms with E-state index < -0.39 is 29.3 Å². The minimum atomic E-state index is -0.675. The van der Waals surface area contributed by atoms with Crippen LogP contribution in [0.4, 0.5) is 4.79 Å². The van der Waals surface area contributed by atoms with Crippen LogP contribution in [0, 0.1) is 0 Å². The molecule has 0 fully saturated rings. The monoisotopic (exact) mass is 385 g/mol. The van der Waals surface area contributed by atoms with Crippen LogP contribution in [0.15, 0.2) is 0 Å². The molecule has 0 aromatic rings. The molecule has 1 N–H and O–H groups in total. The summed E-state index contributed by atoms with van der Waals surface area (Å²) in [7, 11) is 0. The van der Waals surface area contributed by atoms with Crippen molar-refractivity contribution >= 4 is 34.7 Å². The van der Waals surface area contributed by atoms with Crippen molar-refractivity contribution in [3.63, 3.8) is 0 Å². The molecule has 0 aliphatic rings. The van der Waals surface area contributed by atoms with Gasteiger partial charge in [-0.2, -0.15) is 0 Å². The fourth-order valence-corrected chi connectivity index (χ4v) is 1.80. The van der Waals surface area contributed by atoms with Gasteiger partial charge in [-0.1, -0.05) is 22.6 Å². The number of alkyl carbamates (subject to hydrolysis) is 1. The first kappa shape index (κ1) is 18.5. The molecule has 0 heterocycles. The van der Waals surface area contributed by atoms with E-state index in [2.05, 4.69) is 27.9 Å². The standard InChI is InChI=1S/C13H24INO4/c1-12(2,3)18-10(16)9(7-8-14)15-11(17)19-13(4,5)6/h9H,7-8H2,1-6H3,(H,15,17). The van der Waals surface area contributed by atoms with Gasteiger partial charge in [0.05, 0.1) is 0 Å². The van der Waals surface area contributed by atoms with E-state index >= 15 is 0 Å². The Hall–Kier alpha value is -0.530. The molecule has 0 rings (SSSR count). The number of alkyl halides is 1. The quantitative estimate of drug-likeness (QED) is 0.459. The maximum Gasteiger partial charge on any atom is 0.408 e. The number of ether oxygens (including phenoxy) is 2. The van der Waals surface area contributed by atoms with E-state index in [1.165, 1.54) is 0 Å². The van der Waals surface area contributed by atoms with E-state index in [4.69, 9.17) is 9.47 Å². The van der Waals surface area contributed by atoms with Gasteiger partial charge in [-0.25, -0.2) is 9.59 Å². The Bertz CT molecular complexity index is 318. The van der Waals surface area contributed by atoms with E-state index in [1.54, 1.807) is 41.5 Å². The first-order valence-corrected chi connectivity index (χ1v) is 7.75. The number of esters is 1. The van der Waals surface area contributed by atoms with Crippen molar-refractivity contribution in [2.24, 2.45) is 0 Å². The molecule has 0 aliphatic heterocycles. The van der Waals surface area contributed by atoms with E-state index in [9.17, 15) is 9.59 Å². The Morgan fingerprint density at radius 3 is 1.89 bits per heavy atom. The van der Waals surface area contributed by atoms with E-state index in [0.29, 0.717) is 6.42 Å². The van der Waals surface area contributed by atoms with Crippen LogP contribution in [-0.2, 0) is 14.3 Å². The number of nitrogens with one attached hydrogen (secondary N) is 1. The zero-order valence-electron chi connectivity index (χ0n) is 12.5. The van der Waals surface area contributed by atoms with Crippen LogP contribution in [0.1, 0.15) is 48.0 Å². The second-order valence-electron chi connectivity index (χ2n) is 6.21. The highest BCUT2D eigenvalue weighted by atomic mass is 127. The zero-order chi connectivity index (χ0) is 15.3. The van der Waals surface area contributed by atoms with E-state index in [-0.39, 0.29) is 0 Å². The Labute approximate surface area is 128 Å². The fraction of sp³-hybridized carbons (Fsp3) is 0.846. The highest BCUT2D eigenvalue weighted by Gasteiger charge is 2.27. The lowest BCUT2D eigenvalue weighted by atomic mass is 10.1. The van der Waals surface area contributed by atoms with Crippen LogP contribution in [-0.4, -0.2) is 33.7 Å². The first-order valence-electron chi connectivity index (χ1n) is 6.23. The molecule has 1 amide bonds. The van der Waals surface area contributed by atoms with Gasteiger partial charge in [0.25, 0.3) is 0 Å². The van der Waals surface area contributed by atoms with Gasteiger partial charge in [-0.3, -0.25) is 0 Å². The maximum absolute atomic E-state index is 12.0. The predicted molar refractivity (Wildman–Crippen MR) is 82.5 cm³/mol. The summed E-state index contributed by atoms with van der Waals surface area (Å²) in [4.78, 5) is 23.6. The lowest BCUT2D eigenvalue weighted by Crippen LogP contribution is -2.46. The van der Waals surface area contributed by atoms with Gasteiger partial charge in [-0.15, -0.1) is 0 Å². The highest BCUT2D eigenvalue weighted by molar-refractivity contribution is 14.1. The maximum atomic E-state index is 12.0. The fourth-order valence-electron chi connectivity index (χ4n) is 1.18. The molecule has 0 bridgehead atoms. The number of hydrogen-bond donors (Lipinski definition) is 1. The van der Waals surface area contributed by atoms with Crippen molar-refractivity contribution < 1.29 is 19.1 Å². The van der Waals surface area contributed by atoms with E-state index in [1.807, 2.05) is 0 Å². The van der Waals surface area contributed by atoms with Gasteiger partial charge in [0.1, 0.15) is 17.2 Å². The lowest BCUT2D eigenvalue weighted by Gasteiger charge is -2.26. The number of halogens is 1.